The van der Waals surface area contributed by atoms with Crippen molar-refractivity contribution >= 4 is 29.1 Å². The Morgan fingerprint density at radius 1 is 0.900 bits per heavy atom. The molecule has 0 saturated heterocycles. The van der Waals surface area contributed by atoms with Crippen LogP contribution in [0.4, 0.5) is 5.69 Å². The molecular formula is C21H25ClN2O6. The molecule has 30 heavy (non-hydrogen) atoms. The highest BCUT2D eigenvalue weighted by atomic mass is 35.5. The van der Waals surface area contributed by atoms with Crippen LogP contribution in [0.1, 0.15) is 24.2 Å². The number of amides is 2. The standard InChI is InChI=1S/C21H25ClN2O6/c1-5-29-16-8-7-13(9-19(16)30-6-2)21(26)23-12-20(25)24-15-10-14(22)17(27-3)11-18(15)28-4/h7-11H,5-6,12H2,1-4H3,(H,23,26)(H,24,25). The van der Waals surface area contributed by atoms with E-state index >= 15 is 0 Å². The normalized spacial score (nSPS) is 10.2. The third kappa shape index (κ3) is 5.93. The van der Waals surface area contributed by atoms with Crippen molar-refractivity contribution in [3.05, 3.63) is 40.9 Å². The molecule has 0 aromatic heterocycles. The van der Waals surface area contributed by atoms with Gasteiger partial charge in [-0.2, -0.15) is 0 Å². The van der Waals surface area contributed by atoms with Crippen LogP contribution in [-0.4, -0.2) is 45.8 Å². The van der Waals surface area contributed by atoms with Gasteiger partial charge in [-0.3, -0.25) is 9.59 Å². The molecule has 0 radical (unpaired) electrons. The zero-order valence-corrected chi connectivity index (χ0v) is 18.1. The van der Waals surface area contributed by atoms with Gasteiger partial charge in [0.15, 0.2) is 11.5 Å². The fourth-order valence-corrected chi connectivity index (χ4v) is 2.85. The third-order valence-corrected chi connectivity index (χ3v) is 4.26. The van der Waals surface area contributed by atoms with Gasteiger partial charge in [0.25, 0.3) is 5.91 Å². The molecule has 0 heterocycles. The van der Waals surface area contributed by atoms with Gasteiger partial charge in [0.1, 0.15) is 11.5 Å². The summed E-state index contributed by atoms with van der Waals surface area (Å²) in [6.45, 7) is 4.36. The first-order valence-corrected chi connectivity index (χ1v) is 9.70. The van der Waals surface area contributed by atoms with Gasteiger partial charge >= 0.3 is 0 Å². The van der Waals surface area contributed by atoms with Crippen LogP contribution in [-0.2, 0) is 4.79 Å². The first-order valence-electron chi connectivity index (χ1n) is 9.32. The summed E-state index contributed by atoms with van der Waals surface area (Å²) in [5.74, 6) is 0.947. The minimum atomic E-state index is -0.446. The molecule has 2 N–H and O–H groups in total. The van der Waals surface area contributed by atoms with Crippen LogP contribution < -0.4 is 29.6 Å². The van der Waals surface area contributed by atoms with E-state index in [9.17, 15) is 9.59 Å². The number of benzene rings is 2. The number of nitrogens with one attached hydrogen (secondary N) is 2. The smallest absolute Gasteiger partial charge is 0.251 e. The monoisotopic (exact) mass is 436 g/mol. The molecule has 2 rings (SSSR count). The van der Waals surface area contributed by atoms with Crippen molar-refractivity contribution in [3.63, 3.8) is 0 Å². The third-order valence-electron chi connectivity index (χ3n) is 3.96. The van der Waals surface area contributed by atoms with Gasteiger partial charge in [-0.05, 0) is 38.1 Å². The average molecular weight is 437 g/mol. The molecule has 0 aliphatic carbocycles. The number of carbonyl (C=O) groups is 2. The highest BCUT2D eigenvalue weighted by Gasteiger charge is 2.15. The van der Waals surface area contributed by atoms with Crippen molar-refractivity contribution < 1.29 is 28.5 Å². The van der Waals surface area contributed by atoms with Crippen LogP contribution in [0.15, 0.2) is 30.3 Å². The van der Waals surface area contributed by atoms with E-state index in [1.165, 1.54) is 20.3 Å². The molecule has 2 aromatic carbocycles. The summed E-state index contributed by atoms with van der Waals surface area (Å²) in [4.78, 5) is 24.7. The van der Waals surface area contributed by atoms with Gasteiger partial charge in [-0.25, -0.2) is 0 Å². The van der Waals surface area contributed by atoms with E-state index in [-0.39, 0.29) is 6.54 Å². The second-order valence-corrected chi connectivity index (χ2v) is 6.35. The molecule has 162 valence electrons. The van der Waals surface area contributed by atoms with E-state index in [4.69, 9.17) is 30.5 Å². The largest absolute Gasteiger partial charge is 0.495 e. The van der Waals surface area contributed by atoms with Gasteiger partial charge < -0.3 is 29.6 Å². The highest BCUT2D eigenvalue weighted by molar-refractivity contribution is 6.32. The quantitative estimate of drug-likeness (QED) is 0.591. The second-order valence-electron chi connectivity index (χ2n) is 5.95. The Hall–Kier alpha value is -3.13. The first-order chi connectivity index (χ1) is 14.4. The minimum Gasteiger partial charge on any atom is -0.495 e. The lowest BCUT2D eigenvalue weighted by atomic mass is 10.2. The first kappa shape index (κ1) is 23.2. The van der Waals surface area contributed by atoms with Crippen molar-refractivity contribution in [1.29, 1.82) is 0 Å². The maximum absolute atomic E-state index is 12.4. The van der Waals surface area contributed by atoms with Crippen molar-refractivity contribution in [2.45, 2.75) is 13.8 Å². The van der Waals surface area contributed by atoms with Crippen LogP contribution in [0.5, 0.6) is 23.0 Å². The van der Waals surface area contributed by atoms with Crippen LogP contribution in [0.3, 0.4) is 0 Å². The van der Waals surface area contributed by atoms with Gasteiger partial charge in [0.2, 0.25) is 5.91 Å². The predicted octanol–water partition coefficient (Wildman–Crippen LogP) is 3.52. The maximum atomic E-state index is 12.4. The van der Waals surface area contributed by atoms with Crippen LogP contribution in [0, 0.1) is 0 Å². The van der Waals surface area contributed by atoms with E-state index < -0.39 is 11.8 Å². The Kier molecular flexibility index (Phi) is 8.61. The number of rotatable bonds is 10. The SMILES string of the molecule is CCOc1ccc(C(=O)NCC(=O)Nc2cc(Cl)c(OC)cc2OC)cc1OCC. The second kappa shape index (κ2) is 11.2. The average Bonchev–Trinajstić information content (AvgIpc) is 2.73. The molecule has 0 aliphatic heterocycles. The van der Waals surface area contributed by atoms with Gasteiger partial charge in [0, 0.05) is 11.6 Å². The topological polar surface area (TPSA) is 95.1 Å². The molecule has 9 heteroatoms. The Morgan fingerprint density at radius 3 is 2.20 bits per heavy atom. The number of hydrogen-bond acceptors (Lipinski definition) is 6. The molecule has 2 amide bonds. The zero-order valence-electron chi connectivity index (χ0n) is 17.3. The minimum absolute atomic E-state index is 0.247. The number of anilines is 1. The Morgan fingerprint density at radius 2 is 1.57 bits per heavy atom. The van der Waals surface area contributed by atoms with E-state index in [0.717, 1.165) is 0 Å². The molecule has 0 bridgehead atoms. The van der Waals surface area contributed by atoms with Crippen molar-refractivity contribution in [3.8, 4) is 23.0 Å². The Labute approximate surface area is 180 Å². The van der Waals surface area contributed by atoms with E-state index in [0.29, 0.717) is 52.5 Å². The number of ether oxygens (including phenoxy) is 4. The van der Waals surface area contributed by atoms with Gasteiger partial charge in [-0.15, -0.1) is 0 Å². The summed E-state index contributed by atoms with van der Waals surface area (Å²) in [5.41, 5.74) is 0.710. The fourth-order valence-electron chi connectivity index (χ4n) is 2.61. The molecule has 0 spiro atoms. The Bertz CT molecular complexity index is 903. The summed E-state index contributed by atoms with van der Waals surface area (Å²) >= 11 is 6.10. The highest BCUT2D eigenvalue weighted by Crippen LogP contribution is 2.35. The summed E-state index contributed by atoms with van der Waals surface area (Å²) in [7, 11) is 2.94. The lowest BCUT2D eigenvalue weighted by molar-refractivity contribution is -0.115. The van der Waals surface area contributed by atoms with Crippen LogP contribution in [0.25, 0.3) is 0 Å². The van der Waals surface area contributed by atoms with Gasteiger partial charge in [0.05, 0.1) is 44.7 Å². The van der Waals surface area contributed by atoms with Crippen LogP contribution >= 0.6 is 11.6 Å². The molecule has 0 fully saturated rings. The molecule has 0 atom stereocenters. The molecule has 0 unspecified atom stereocenters. The molecule has 0 saturated carbocycles. The maximum Gasteiger partial charge on any atom is 0.251 e. The van der Waals surface area contributed by atoms with E-state index in [1.54, 1.807) is 24.3 Å². The van der Waals surface area contributed by atoms with E-state index in [1.807, 2.05) is 13.8 Å². The number of carbonyl (C=O) groups excluding carboxylic acids is 2. The number of halogens is 1. The lowest BCUT2D eigenvalue weighted by Gasteiger charge is -2.14. The number of methoxy groups -OCH3 is 2. The molecule has 0 aliphatic rings. The zero-order chi connectivity index (χ0) is 22.1. The summed E-state index contributed by atoms with van der Waals surface area (Å²) in [6.07, 6.45) is 0. The van der Waals surface area contributed by atoms with Crippen molar-refractivity contribution in [2.75, 3.05) is 39.3 Å². The predicted molar refractivity (Wildman–Crippen MR) is 114 cm³/mol. The van der Waals surface area contributed by atoms with Crippen molar-refractivity contribution in [1.82, 2.24) is 5.32 Å². The van der Waals surface area contributed by atoms with Gasteiger partial charge in [-0.1, -0.05) is 11.6 Å². The summed E-state index contributed by atoms with van der Waals surface area (Å²) in [6, 6.07) is 7.92. The van der Waals surface area contributed by atoms with Crippen molar-refractivity contribution in [2.24, 2.45) is 0 Å². The van der Waals surface area contributed by atoms with E-state index in [2.05, 4.69) is 10.6 Å². The van der Waals surface area contributed by atoms with Crippen LogP contribution in [0.2, 0.25) is 5.02 Å². The fraction of sp³-hybridized carbons (Fsp3) is 0.333. The number of hydrogen-bond donors (Lipinski definition) is 2. The summed E-state index contributed by atoms with van der Waals surface area (Å²) < 4.78 is 21.4. The lowest BCUT2D eigenvalue weighted by Crippen LogP contribution is -2.33. The molecule has 8 nitrogen and oxygen atoms in total. The summed E-state index contributed by atoms with van der Waals surface area (Å²) in [5, 5.41) is 5.54. The Balaban J connectivity index is 2.03. The molecular weight excluding hydrogens is 412 g/mol. The molecule has 2 aromatic rings.